The number of amides is 1. The average molecular weight is 199 g/mol. The van der Waals surface area contributed by atoms with Crippen molar-refractivity contribution in [2.24, 2.45) is 0 Å². The minimum Gasteiger partial charge on any atom is -0.373 e. The first-order valence-electron chi connectivity index (χ1n) is 5.19. The molecule has 2 rings (SSSR count). The van der Waals surface area contributed by atoms with Crippen molar-refractivity contribution in [1.29, 1.82) is 0 Å². The first kappa shape index (κ1) is 9.93. The molecule has 0 radical (unpaired) electrons. The number of rotatable bonds is 3. The predicted octanol–water partition coefficient (Wildman–Crippen LogP) is 0.457. The van der Waals surface area contributed by atoms with Crippen LogP contribution < -0.4 is 5.32 Å². The van der Waals surface area contributed by atoms with E-state index in [0.29, 0.717) is 6.10 Å². The van der Waals surface area contributed by atoms with Crippen LogP contribution in [0.3, 0.4) is 0 Å². The fourth-order valence-corrected chi connectivity index (χ4v) is 2.20. The molecule has 80 valence electrons. The summed E-state index contributed by atoms with van der Waals surface area (Å²) in [4.78, 5) is 11.5. The zero-order chi connectivity index (χ0) is 10.1. The molecule has 2 aliphatic heterocycles. The van der Waals surface area contributed by atoms with E-state index < -0.39 is 0 Å². The Morgan fingerprint density at radius 3 is 2.86 bits per heavy atom. The lowest BCUT2D eigenvalue weighted by Gasteiger charge is -2.21. The molecule has 1 N–H and O–H groups in total. The lowest BCUT2D eigenvalue weighted by atomic mass is 9.95. The molecule has 0 spiro atoms. The zero-order valence-corrected chi connectivity index (χ0v) is 8.66. The number of methoxy groups -OCH3 is 1. The Balaban J connectivity index is 1.84. The molecule has 2 saturated heterocycles. The van der Waals surface area contributed by atoms with E-state index in [9.17, 15) is 4.79 Å². The van der Waals surface area contributed by atoms with Crippen LogP contribution in [0.15, 0.2) is 0 Å². The Bertz CT molecular complexity index is 231. The van der Waals surface area contributed by atoms with E-state index in [1.807, 2.05) is 0 Å². The van der Waals surface area contributed by atoms with E-state index in [0.717, 1.165) is 19.3 Å². The molecule has 0 aromatic rings. The largest absolute Gasteiger partial charge is 0.373 e. The Morgan fingerprint density at radius 1 is 1.57 bits per heavy atom. The molecule has 2 fully saturated rings. The van der Waals surface area contributed by atoms with Gasteiger partial charge in [-0.2, -0.15) is 0 Å². The second-order valence-corrected chi connectivity index (χ2v) is 4.10. The van der Waals surface area contributed by atoms with Crippen LogP contribution >= 0.6 is 0 Å². The van der Waals surface area contributed by atoms with Gasteiger partial charge >= 0.3 is 0 Å². The van der Waals surface area contributed by atoms with Gasteiger partial charge in [0.05, 0.1) is 18.2 Å². The minimum absolute atomic E-state index is 0.0337. The summed E-state index contributed by atoms with van der Waals surface area (Å²) >= 11 is 0. The van der Waals surface area contributed by atoms with Crippen molar-refractivity contribution >= 4 is 5.91 Å². The van der Waals surface area contributed by atoms with Crippen molar-refractivity contribution in [2.75, 3.05) is 7.11 Å². The third-order valence-corrected chi connectivity index (χ3v) is 3.16. The maximum atomic E-state index is 11.5. The molecule has 4 atom stereocenters. The Kier molecular flexibility index (Phi) is 2.74. The third-order valence-electron chi connectivity index (χ3n) is 3.16. The minimum atomic E-state index is -0.367. The highest BCUT2D eigenvalue weighted by Gasteiger charge is 2.41. The fourth-order valence-electron chi connectivity index (χ4n) is 2.20. The van der Waals surface area contributed by atoms with Gasteiger partial charge in [0.1, 0.15) is 6.10 Å². The SMILES string of the molecule is COC(C)C(=O)NC1CC2CCC1O2. The van der Waals surface area contributed by atoms with Crippen LogP contribution in [-0.2, 0) is 14.3 Å². The summed E-state index contributed by atoms with van der Waals surface area (Å²) in [6.45, 7) is 1.75. The molecule has 4 unspecified atom stereocenters. The smallest absolute Gasteiger partial charge is 0.249 e. The van der Waals surface area contributed by atoms with Gasteiger partial charge < -0.3 is 14.8 Å². The topological polar surface area (TPSA) is 47.6 Å². The van der Waals surface area contributed by atoms with Crippen LogP contribution in [0.1, 0.15) is 26.2 Å². The number of ether oxygens (including phenoxy) is 2. The summed E-state index contributed by atoms with van der Waals surface area (Å²) in [5, 5.41) is 2.97. The summed E-state index contributed by atoms with van der Waals surface area (Å²) < 4.78 is 10.6. The lowest BCUT2D eigenvalue weighted by Crippen LogP contribution is -2.45. The summed E-state index contributed by atoms with van der Waals surface area (Å²) in [5.74, 6) is -0.0337. The number of carbonyl (C=O) groups is 1. The quantitative estimate of drug-likeness (QED) is 0.718. The summed E-state index contributed by atoms with van der Waals surface area (Å²) in [6.07, 6.45) is 3.45. The molecule has 1 amide bonds. The normalized spacial score (nSPS) is 37.1. The highest BCUT2D eigenvalue weighted by atomic mass is 16.5. The molecule has 2 bridgehead atoms. The Labute approximate surface area is 84.0 Å². The molecule has 4 heteroatoms. The summed E-state index contributed by atoms with van der Waals surface area (Å²) in [6, 6.07) is 0.207. The number of carbonyl (C=O) groups excluding carboxylic acids is 1. The van der Waals surface area contributed by atoms with E-state index in [-0.39, 0.29) is 24.2 Å². The summed E-state index contributed by atoms with van der Waals surface area (Å²) in [7, 11) is 1.54. The molecule has 2 heterocycles. The van der Waals surface area contributed by atoms with Gasteiger partial charge in [-0.05, 0) is 26.2 Å². The van der Waals surface area contributed by atoms with Crippen LogP contribution in [0, 0.1) is 0 Å². The van der Waals surface area contributed by atoms with Crippen LogP contribution in [0.2, 0.25) is 0 Å². The van der Waals surface area contributed by atoms with Gasteiger partial charge in [-0.15, -0.1) is 0 Å². The van der Waals surface area contributed by atoms with E-state index in [2.05, 4.69) is 5.32 Å². The molecular formula is C10H17NO3. The fraction of sp³-hybridized carbons (Fsp3) is 0.900. The van der Waals surface area contributed by atoms with Crippen molar-refractivity contribution in [3.05, 3.63) is 0 Å². The number of hydrogen-bond acceptors (Lipinski definition) is 3. The van der Waals surface area contributed by atoms with Crippen molar-refractivity contribution < 1.29 is 14.3 Å². The van der Waals surface area contributed by atoms with Gasteiger partial charge in [-0.25, -0.2) is 0 Å². The van der Waals surface area contributed by atoms with Gasteiger partial charge in [0.2, 0.25) is 5.91 Å². The van der Waals surface area contributed by atoms with Crippen LogP contribution in [-0.4, -0.2) is 37.4 Å². The first-order chi connectivity index (χ1) is 6.70. The van der Waals surface area contributed by atoms with Crippen LogP contribution in [0.25, 0.3) is 0 Å². The molecule has 0 saturated carbocycles. The van der Waals surface area contributed by atoms with E-state index in [1.54, 1.807) is 14.0 Å². The first-order valence-corrected chi connectivity index (χ1v) is 5.19. The highest BCUT2D eigenvalue weighted by Crippen LogP contribution is 2.34. The van der Waals surface area contributed by atoms with Crippen molar-refractivity contribution in [3.8, 4) is 0 Å². The average Bonchev–Trinajstić information content (AvgIpc) is 2.77. The van der Waals surface area contributed by atoms with Crippen molar-refractivity contribution in [2.45, 2.75) is 50.5 Å². The zero-order valence-electron chi connectivity index (χ0n) is 8.66. The molecular weight excluding hydrogens is 182 g/mol. The Hall–Kier alpha value is -0.610. The molecule has 0 aromatic heterocycles. The third kappa shape index (κ3) is 1.77. The molecule has 4 nitrogen and oxygen atoms in total. The number of fused-ring (bicyclic) bond motifs is 2. The standard InChI is InChI=1S/C10H17NO3/c1-6(13-2)10(12)11-8-5-7-3-4-9(8)14-7/h6-9H,3-5H2,1-2H3,(H,11,12). The van der Waals surface area contributed by atoms with Crippen molar-refractivity contribution in [3.63, 3.8) is 0 Å². The van der Waals surface area contributed by atoms with Gasteiger partial charge in [0, 0.05) is 7.11 Å². The Morgan fingerprint density at radius 2 is 2.36 bits per heavy atom. The molecule has 14 heavy (non-hydrogen) atoms. The molecule has 2 aliphatic rings. The second kappa shape index (κ2) is 3.87. The van der Waals surface area contributed by atoms with Gasteiger partial charge in [-0.3, -0.25) is 4.79 Å². The second-order valence-electron chi connectivity index (χ2n) is 4.10. The van der Waals surface area contributed by atoms with Crippen molar-refractivity contribution in [1.82, 2.24) is 5.32 Å². The maximum Gasteiger partial charge on any atom is 0.249 e. The lowest BCUT2D eigenvalue weighted by molar-refractivity contribution is -0.131. The van der Waals surface area contributed by atoms with E-state index in [4.69, 9.17) is 9.47 Å². The molecule has 0 aromatic carbocycles. The maximum absolute atomic E-state index is 11.5. The van der Waals surface area contributed by atoms with E-state index >= 15 is 0 Å². The number of nitrogens with one attached hydrogen (secondary N) is 1. The summed E-state index contributed by atoms with van der Waals surface area (Å²) in [5.41, 5.74) is 0. The highest BCUT2D eigenvalue weighted by molar-refractivity contribution is 5.80. The van der Waals surface area contributed by atoms with Gasteiger partial charge in [-0.1, -0.05) is 0 Å². The predicted molar refractivity (Wildman–Crippen MR) is 50.9 cm³/mol. The van der Waals surface area contributed by atoms with Gasteiger partial charge in [0.25, 0.3) is 0 Å². The van der Waals surface area contributed by atoms with Crippen LogP contribution in [0.5, 0.6) is 0 Å². The van der Waals surface area contributed by atoms with Gasteiger partial charge in [0.15, 0.2) is 0 Å². The van der Waals surface area contributed by atoms with Crippen LogP contribution in [0.4, 0.5) is 0 Å². The number of hydrogen-bond donors (Lipinski definition) is 1. The van der Waals surface area contributed by atoms with E-state index in [1.165, 1.54) is 0 Å². The monoisotopic (exact) mass is 199 g/mol. The molecule has 0 aliphatic carbocycles.